The number of hydrogen-bond donors (Lipinski definition) is 1. The molecular weight excluding hydrogens is 412 g/mol. The van der Waals surface area contributed by atoms with E-state index in [1.165, 1.54) is 4.90 Å². The number of likely N-dealkylation sites (tertiary alicyclic amines) is 1. The summed E-state index contributed by atoms with van der Waals surface area (Å²) in [6.45, 7) is 2.78. The van der Waals surface area contributed by atoms with Crippen molar-refractivity contribution in [1.29, 1.82) is 0 Å². The lowest BCUT2D eigenvalue weighted by Gasteiger charge is -2.18. The highest BCUT2D eigenvalue weighted by atomic mass is 35.5. The maximum atomic E-state index is 13.9. The lowest BCUT2D eigenvalue weighted by atomic mass is 10.2. The number of carbonyl (C=O) groups is 1. The molecule has 3 rings (SSSR count). The number of amides is 1. The largest absolute Gasteiger partial charge is 0.485 e. The van der Waals surface area contributed by atoms with Crippen molar-refractivity contribution in [3.05, 3.63) is 64.5 Å². The molecule has 160 valence electrons. The Morgan fingerprint density at radius 1 is 1.43 bits per heavy atom. The number of rotatable bonds is 7. The highest BCUT2D eigenvalue weighted by molar-refractivity contribution is 6.30. The van der Waals surface area contributed by atoms with E-state index in [4.69, 9.17) is 16.3 Å². The molecule has 1 N–H and O–H groups in total. The summed E-state index contributed by atoms with van der Waals surface area (Å²) in [4.78, 5) is 18.2. The van der Waals surface area contributed by atoms with Crippen LogP contribution in [-0.4, -0.2) is 48.1 Å². The predicted octanol–water partition coefficient (Wildman–Crippen LogP) is 4.32. The maximum Gasteiger partial charge on any atom is 0.256 e. The van der Waals surface area contributed by atoms with E-state index in [0.717, 1.165) is 24.1 Å². The van der Waals surface area contributed by atoms with Crippen molar-refractivity contribution in [2.24, 2.45) is 0 Å². The van der Waals surface area contributed by atoms with Crippen LogP contribution in [0.5, 0.6) is 5.75 Å². The zero-order valence-corrected chi connectivity index (χ0v) is 17.6. The van der Waals surface area contributed by atoms with Crippen molar-refractivity contribution in [2.45, 2.75) is 31.9 Å². The monoisotopic (exact) mass is 435 g/mol. The van der Waals surface area contributed by atoms with Crippen molar-refractivity contribution in [3.63, 3.8) is 0 Å². The minimum absolute atomic E-state index is 0.153. The summed E-state index contributed by atoms with van der Waals surface area (Å²) in [5.74, 6) is -1.64. The minimum atomic E-state index is -0.872. The molecule has 5 nitrogen and oxygen atoms in total. The number of aromatic nitrogens is 1. The van der Waals surface area contributed by atoms with Gasteiger partial charge in [0, 0.05) is 31.3 Å². The third kappa shape index (κ3) is 5.55. The first-order chi connectivity index (χ1) is 14.4. The topological polar surface area (TPSA) is 54.5 Å². The van der Waals surface area contributed by atoms with Gasteiger partial charge in [-0.25, -0.2) is 13.8 Å². The van der Waals surface area contributed by atoms with Crippen molar-refractivity contribution in [2.75, 3.05) is 20.1 Å². The van der Waals surface area contributed by atoms with Crippen LogP contribution in [0.1, 0.15) is 35.7 Å². The SMILES string of the molecule is CN[C@@H](C)C/C=C/c1cnc(Cl)c(O[C@H]2CCN(C(=O)c3ccc(F)cc3F)C2)c1. The molecule has 8 heteroatoms. The third-order valence-corrected chi connectivity index (χ3v) is 5.29. The second kappa shape index (κ2) is 10.00. The normalized spacial score (nSPS) is 17.5. The Labute approximate surface area is 179 Å². The van der Waals surface area contributed by atoms with Gasteiger partial charge in [0.15, 0.2) is 10.9 Å². The van der Waals surface area contributed by atoms with Crippen LogP contribution in [0, 0.1) is 11.6 Å². The molecule has 1 aliphatic rings. The van der Waals surface area contributed by atoms with Gasteiger partial charge in [0.1, 0.15) is 17.7 Å². The Balaban J connectivity index is 1.63. The van der Waals surface area contributed by atoms with Gasteiger partial charge in [-0.15, -0.1) is 0 Å². The number of hydrogen-bond acceptors (Lipinski definition) is 4. The van der Waals surface area contributed by atoms with Crippen molar-refractivity contribution < 1.29 is 18.3 Å². The van der Waals surface area contributed by atoms with Crippen LogP contribution < -0.4 is 10.1 Å². The Morgan fingerprint density at radius 2 is 2.23 bits per heavy atom. The molecule has 0 aliphatic carbocycles. The van der Waals surface area contributed by atoms with Crippen LogP contribution in [-0.2, 0) is 0 Å². The molecule has 2 aromatic rings. The standard InChI is InChI=1S/C22H24ClF2N3O2/c1-14(26-2)4-3-5-15-10-20(21(23)27-12-15)30-17-8-9-28(13-17)22(29)18-7-6-16(24)11-19(18)25/h3,5-7,10-12,14,17,26H,4,8-9,13H2,1-2H3/b5-3+/t14-,17-/m0/s1. The Kier molecular flexibility index (Phi) is 7.39. The van der Waals surface area contributed by atoms with E-state index in [1.54, 1.807) is 12.3 Å². The molecule has 30 heavy (non-hydrogen) atoms. The lowest BCUT2D eigenvalue weighted by Crippen LogP contribution is -2.31. The van der Waals surface area contributed by atoms with Crippen LogP contribution in [0.15, 0.2) is 36.5 Å². The second-order valence-corrected chi connectivity index (χ2v) is 7.65. The molecule has 0 unspecified atom stereocenters. The predicted molar refractivity (Wildman–Crippen MR) is 113 cm³/mol. The van der Waals surface area contributed by atoms with Gasteiger partial charge in [-0.3, -0.25) is 4.79 Å². The van der Waals surface area contributed by atoms with Gasteiger partial charge in [0.2, 0.25) is 0 Å². The van der Waals surface area contributed by atoms with Gasteiger partial charge in [0.25, 0.3) is 5.91 Å². The van der Waals surface area contributed by atoms with E-state index in [0.29, 0.717) is 30.8 Å². The van der Waals surface area contributed by atoms with E-state index < -0.39 is 17.5 Å². The molecule has 0 saturated carbocycles. The van der Waals surface area contributed by atoms with Gasteiger partial charge in [-0.2, -0.15) is 0 Å². The minimum Gasteiger partial charge on any atom is -0.485 e. The average Bonchev–Trinajstić information content (AvgIpc) is 3.18. The quantitative estimate of drug-likeness (QED) is 0.658. The number of ether oxygens (including phenoxy) is 1. The number of benzene rings is 1. The van der Waals surface area contributed by atoms with Crippen LogP contribution in [0.25, 0.3) is 6.08 Å². The smallest absolute Gasteiger partial charge is 0.256 e. The summed E-state index contributed by atoms with van der Waals surface area (Å²) in [6.07, 6.45) is 6.81. The van der Waals surface area contributed by atoms with E-state index in [9.17, 15) is 13.6 Å². The summed E-state index contributed by atoms with van der Waals surface area (Å²) >= 11 is 6.18. The number of nitrogens with one attached hydrogen (secondary N) is 1. The fraction of sp³-hybridized carbons (Fsp3) is 0.364. The summed E-state index contributed by atoms with van der Waals surface area (Å²) in [7, 11) is 1.91. The summed E-state index contributed by atoms with van der Waals surface area (Å²) in [5, 5.41) is 3.41. The zero-order chi connectivity index (χ0) is 21.7. The molecule has 2 heterocycles. The third-order valence-electron chi connectivity index (χ3n) is 5.01. The first-order valence-corrected chi connectivity index (χ1v) is 10.2. The zero-order valence-electron chi connectivity index (χ0n) is 16.9. The van der Waals surface area contributed by atoms with Crippen LogP contribution in [0.4, 0.5) is 8.78 Å². The summed E-state index contributed by atoms with van der Waals surface area (Å²) < 4.78 is 33.0. The fourth-order valence-corrected chi connectivity index (χ4v) is 3.31. The number of halogens is 3. The van der Waals surface area contributed by atoms with Gasteiger partial charge in [-0.1, -0.05) is 23.8 Å². The molecule has 1 saturated heterocycles. The number of nitrogens with zero attached hydrogens (tertiary/aromatic N) is 2. The molecule has 1 aromatic carbocycles. The van der Waals surface area contributed by atoms with Gasteiger partial charge in [-0.05, 0) is 44.2 Å². The highest BCUT2D eigenvalue weighted by Crippen LogP contribution is 2.27. The molecule has 1 fully saturated rings. The Hall–Kier alpha value is -2.51. The molecule has 0 radical (unpaired) electrons. The summed E-state index contributed by atoms with van der Waals surface area (Å²) in [5.41, 5.74) is 0.705. The maximum absolute atomic E-state index is 13.9. The van der Waals surface area contributed by atoms with Crippen molar-refractivity contribution in [3.8, 4) is 5.75 Å². The van der Waals surface area contributed by atoms with E-state index in [1.807, 2.05) is 19.2 Å². The van der Waals surface area contributed by atoms with E-state index in [2.05, 4.69) is 17.2 Å². The van der Waals surface area contributed by atoms with Crippen LogP contribution >= 0.6 is 11.6 Å². The van der Waals surface area contributed by atoms with E-state index >= 15 is 0 Å². The van der Waals surface area contributed by atoms with Crippen molar-refractivity contribution in [1.82, 2.24) is 15.2 Å². The lowest BCUT2D eigenvalue weighted by molar-refractivity contribution is 0.0767. The van der Waals surface area contributed by atoms with Gasteiger partial charge in [0.05, 0.1) is 12.1 Å². The summed E-state index contributed by atoms with van der Waals surface area (Å²) in [6, 6.07) is 5.11. The molecule has 2 atom stereocenters. The van der Waals surface area contributed by atoms with E-state index in [-0.39, 0.29) is 23.4 Å². The molecule has 1 aromatic heterocycles. The van der Waals surface area contributed by atoms with Crippen LogP contribution in [0.2, 0.25) is 5.15 Å². The Bertz CT molecular complexity index is 939. The van der Waals surface area contributed by atoms with Crippen LogP contribution in [0.3, 0.4) is 0 Å². The first kappa shape index (κ1) is 22.2. The number of pyridine rings is 1. The number of carbonyl (C=O) groups excluding carboxylic acids is 1. The average molecular weight is 436 g/mol. The molecule has 1 amide bonds. The van der Waals surface area contributed by atoms with Crippen molar-refractivity contribution >= 4 is 23.6 Å². The second-order valence-electron chi connectivity index (χ2n) is 7.29. The molecule has 0 bridgehead atoms. The molecule has 0 spiro atoms. The Morgan fingerprint density at radius 3 is 2.97 bits per heavy atom. The highest BCUT2D eigenvalue weighted by Gasteiger charge is 2.30. The van der Waals surface area contributed by atoms with Gasteiger partial charge >= 0.3 is 0 Å². The molecule has 1 aliphatic heterocycles. The first-order valence-electron chi connectivity index (χ1n) is 9.77. The van der Waals surface area contributed by atoms with Gasteiger partial charge < -0.3 is 15.0 Å². The molecular formula is C22H24ClF2N3O2. The fourth-order valence-electron chi connectivity index (χ4n) is 3.16.